The van der Waals surface area contributed by atoms with Crippen molar-refractivity contribution in [3.05, 3.63) is 71.0 Å². The molecule has 1 aliphatic heterocycles. The van der Waals surface area contributed by atoms with Crippen LogP contribution in [0, 0.1) is 5.82 Å². The van der Waals surface area contributed by atoms with Gasteiger partial charge >= 0.3 is 0 Å². The number of aliphatic hydroxyl groups is 1. The number of carbonyl (C=O) groups is 2. The number of hydrogen-bond acceptors (Lipinski definition) is 5. The number of likely N-dealkylation sites (N-methyl/N-ethyl adjacent to an activating group) is 1. The van der Waals surface area contributed by atoms with Crippen LogP contribution in [0.2, 0.25) is 0 Å². The minimum absolute atomic E-state index is 0.00875. The first-order chi connectivity index (χ1) is 13.3. The summed E-state index contributed by atoms with van der Waals surface area (Å²) in [5.41, 5.74) is -0.123. The largest absolute Gasteiger partial charge is 0.507 e. The van der Waals surface area contributed by atoms with Gasteiger partial charge in [-0.3, -0.25) is 9.59 Å². The zero-order chi connectivity index (χ0) is 20.4. The van der Waals surface area contributed by atoms with Crippen molar-refractivity contribution < 1.29 is 24.2 Å². The summed E-state index contributed by atoms with van der Waals surface area (Å²) in [6.45, 7) is 0.628. The lowest BCUT2D eigenvalue weighted by molar-refractivity contribution is -0.140. The molecule has 7 heteroatoms. The summed E-state index contributed by atoms with van der Waals surface area (Å²) in [5, 5.41) is 20.9. The molecule has 1 atom stereocenters. The molecule has 0 radical (unpaired) electrons. The maximum absolute atomic E-state index is 14.6. The summed E-state index contributed by atoms with van der Waals surface area (Å²) in [5.74, 6) is -3.09. The minimum Gasteiger partial charge on any atom is -0.507 e. The molecule has 1 fully saturated rings. The van der Waals surface area contributed by atoms with E-state index in [0.717, 1.165) is 0 Å². The molecule has 1 saturated heterocycles. The monoisotopic (exact) mass is 384 g/mol. The van der Waals surface area contributed by atoms with E-state index >= 15 is 0 Å². The number of Topliss-reactive ketones (excluding diaryl/α,β-unsaturated/α-hetero) is 1. The molecule has 3 rings (SSSR count). The predicted octanol–water partition coefficient (Wildman–Crippen LogP) is 2.51. The van der Waals surface area contributed by atoms with E-state index in [-0.39, 0.29) is 29.0 Å². The highest BCUT2D eigenvalue weighted by Crippen LogP contribution is 2.41. The Balaban J connectivity index is 2.20. The topological polar surface area (TPSA) is 81.1 Å². The number of aromatic hydroxyl groups is 1. The van der Waals surface area contributed by atoms with Crippen LogP contribution in [0.1, 0.15) is 17.2 Å². The lowest BCUT2D eigenvalue weighted by Gasteiger charge is -2.26. The Morgan fingerprint density at radius 3 is 2.39 bits per heavy atom. The second-order valence-electron chi connectivity index (χ2n) is 6.83. The maximum Gasteiger partial charge on any atom is 0.295 e. The Hall–Kier alpha value is -3.19. The number of aliphatic hydroxyl groups excluding tert-OH is 1. The molecule has 1 aliphatic rings. The van der Waals surface area contributed by atoms with Gasteiger partial charge in [-0.05, 0) is 32.3 Å². The number of hydrogen-bond donors (Lipinski definition) is 2. The second kappa shape index (κ2) is 7.82. The van der Waals surface area contributed by atoms with Gasteiger partial charge in [0.2, 0.25) is 0 Å². The molecule has 146 valence electrons. The number of rotatable bonds is 5. The molecule has 1 heterocycles. The lowest BCUT2D eigenvalue weighted by atomic mass is 9.94. The van der Waals surface area contributed by atoms with Crippen molar-refractivity contribution in [1.29, 1.82) is 0 Å². The number of para-hydroxylation sites is 1. The van der Waals surface area contributed by atoms with E-state index in [1.54, 1.807) is 18.2 Å². The zero-order valence-corrected chi connectivity index (χ0v) is 15.6. The molecule has 6 nitrogen and oxygen atoms in total. The number of carbonyl (C=O) groups excluding carboxylic acids is 2. The van der Waals surface area contributed by atoms with Gasteiger partial charge in [0.15, 0.2) is 0 Å². The van der Waals surface area contributed by atoms with E-state index in [9.17, 15) is 24.2 Å². The summed E-state index contributed by atoms with van der Waals surface area (Å²) < 4.78 is 14.6. The number of halogens is 1. The van der Waals surface area contributed by atoms with Crippen LogP contribution < -0.4 is 0 Å². The van der Waals surface area contributed by atoms with Crippen LogP contribution in [0.15, 0.2) is 54.1 Å². The number of likely N-dealkylation sites (tertiary alicyclic amines) is 1. The van der Waals surface area contributed by atoms with E-state index in [2.05, 4.69) is 0 Å². The van der Waals surface area contributed by atoms with Crippen LogP contribution in [0.25, 0.3) is 5.76 Å². The van der Waals surface area contributed by atoms with Crippen LogP contribution in [0.3, 0.4) is 0 Å². The molecule has 1 amide bonds. The zero-order valence-electron chi connectivity index (χ0n) is 15.6. The quantitative estimate of drug-likeness (QED) is 0.470. The highest BCUT2D eigenvalue weighted by molar-refractivity contribution is 6.46. The Bertz CT molecular complexity index is 955. The Morgan fingerprint density at radius 1 is 1.11 bits per heavy atom. The van der Waals surface area contributed by atoms with E-state index < -0.39 is 29.3 Å². The molecule has 28 heavy (non-hydrogen) atoms. The summed E-state index contributed by atoms with van der Waals surface area (Å²) in [7, 11) is 3.63. The maximum atomic E-state index is 14.6. The second-order valence-corrected chi connectivity index (χ2v) is 6.83. The number of benzene rings is 2. The summed E-state index contributed by atoms with van der Waals surface area (Å²) in [4.78, 5) is 28.5. The van der Waals surface area contributed by atoms with Crippen LogP contribution >= 0.6 is 0 Å². The van der Waals surface area contributed by atoms with E-state index in [4.69, 9.17) is 0 Å². The standard InChI is InChI=1S/C21H21FN2O4/c1-23(2)11-12-24-18(13-7-3-5-9-15(13)22)17(20(27)21(24)28)19(26)14-8-4-6-10-16(14)25/h3-10,18,25-26H,11-12H2,1-2H3/t18-/m1/s1. The number of phenolic OH excluding ortho intramolecular Hbond substituents is 1. The Labute approximate surface area is 162 Å². The van der Waals surface area contributed by atoms with Crippen molar-refractivity contribution in [3.63, 3.8) is 0 Å². The smallest absolute Gasteiger partial charge is 0.295 e. The van der Waals surface area contributed by atoms with Gasteiger partial charge in [-0.1, -0.05) is 30.3 Å². The Kier molecular flexibility index (Phi) is 5.46. The van der Waals surface area contributed by atoms with Crippen LogP contribution in [0.4, 0.5) is 4.39 Å². The average Bonchev–Trinajstić information content (AvgIpc) is 2.91. The number of phenols is 1. The van der Waals surface area contributed by atoms with Crippen molar-refractivity contribution in [2.75, 3.05) is 27.2 Å². The third-order valence-corrected chi connectivity index (χ3v) is 4.69. The molecule has 0 saturated carbocycles. The number of amides is 1. The number of ketones is 1. The first kappa shape index (κ1) is 19.6. The molecular weight excluding hydrogens is 363 g/mol. The molecule has 0 spiro atoms. The van der Waals surface area contributed by atoms with Crippen molar-refractivity contribution >= 4 is 17.4 Å². The fraction of sp³-hybridized carbons (Fsp3) is 0.238. The van der Waals surface area contributed by atoms with Crippen molar-refractivity contribution in [2.45, 2.75) is 6.04 Å². The fourth-order valence-corrected chi connectivity index (χ4v) is 3.26. The molecule has 2 aromatic rings. The third-order valence-electron chi connectivity index (χ3n) is 4.69. The van der Waals surface area contributed by atoms with E-state index in [1.165, 1.54) is 35.2 Å². The van der Waals surface area contributed by atoms with Gasteiger partial charge in [0.25, 0.3) is 11.7 Å². The normalized spacial score (nSPS) is 18.9. The van der Waals surface area contributed by atoms with Gasteiger partial charge in [-0.15, -0.1) is 0 Å². The van der Waals surface area contributed by atoms with Crippen molar-refractivity contribution in [3.8, 4) is 5.75 Å². The first-order valence-electron chi connectivity index (χ1n) is 8.79. The van der Waals surface area contributed by atoms with Gasteiger partial charge in [0.05, 0.1) is 17.2 Å². The molecular formula is C21H21FN2O4. The average molecular weight is 384 g/mol. The van der Waals surface area contributed by atoms with Crippen molar-refractivity contribution in [2.24, 2.45) is 0 Å². The molecule has 0 aliphatic carbocycles. The van der Waals surface area contributed by atoms with Crippen LogP contribution in [-0.2, 0) is 9.59 Å². The summed E-state index contributed by atoms with van der Waals surface area (Å²) in [6.07, 6.45) is 0. The minimum atomic E-state index is -1.08. The Morgan fingerprint density at radius 2 is 1.75 bits per heavy atom. The van der Waals surface area contributed by atoms with Gasteiger partial charge in [-0.2, -0.15) is 0 Å². The number of nitrogens with zero attached hydrogens (tertiary/aromatic N) is 2. The van der Waals surface area contributed by atoms with Crippen molar-refractivity contribution in [1.82, 2.24) is 9.80 Å². The summed E-state index contributed by atoms with van der Waals surface area (Å²) in [6, 6.07) is 10.7. The van der Waals surface area contributed by atoms with E-state index in [0.29, 0.717) is 6.54 Å². The van der Waals surface area contributed by atoms with E-state index in [1.807, 2.05) is 19.0 Å². The molecule has 2 aromatic carbocycles. The predicted molar refractivity (Wildman–Crippen MR) is 102 cm³/mol. The highest BCUT2D eigenvalue weighted by Gasteiger charge is 2.46. The molecule has 0 aromatic heterocycles. The first-order valence-corrected chi connectivity index (χ1v) is 8.79. The fourth-order valence-electron chi connectivity index (χ4n) is 3.26. The van der Waals surface area contributed by atoms with Crippen LogP contribution in [-0.4, -0.2) is 58.9 Å². The third kappa shape index (κ3) is 3.48. The SMILES string of the molecule is CN(C)CCN1C(=O)C(=O)C(=C(O)c2ccccc2O)[C@H]1c1ccccc1F. The van der Waals surface area contributed by atoms with Gasteiger partial charge in [0.1, 0.15) is 17.3 Å². The molecule has 0 bridgehead atoms. The molecule has 0 unspecified atom stereocenters. The van der Waals surface area contributed by atoms with Gasteiger partial charge in [-0.25, -0.2) is 4.39 Å². The highest BCUT2D eigenvalue weighted by atomic mass is 19.1. The molecule has 2 N–H and O–H groups in total. The summed E-state index contributed by atoms with van der Waals surface area (Å²) >= 11 is 0. The van der Waals surface area contributed by atoms with Gasteiger partial charge < -0.3 is 20.0 Å². The van der Waals surface area contributed by atoms with Gasteiger partial charge in [0, 0.05) is 18.7 Å². The van der Waals surface area contributed by atoms with Crippen LogP contribution in [0.5, 0.6) is 5.75 Å². The lowest BCUT2D eigenvalue weighted by Crippen LogP contribution is -2.35.